The lowest BCUT2D eigenvalue weighted by atomic mass is 10.3. The average Bonchev–Trinajstić information content (AvgIpc) is 1.90. The number of morpholine rings is 1. The first-order valence-electron chi connectivity index (χ1n) is 2.86. The van der Waals surface area contributed by atoms with Gasteiger partial charge in [-0.1, -0.05) is 0 Å². The topological polar surface area (TPSA) is 58.6 Å². The molecule has 0 aromatic heterocycles. The zero-order chi connectivity index (χ0) is 6.69. The molecule has 0 spiro atoms. The third-order valence-corrected chi connectivity index (χ3v) is 1.20. The summed E-state index contributed by atoms with van der Waals surface area (Å²) in [5.41, 5.74) is 0. The minimum absolute atomic E-state index is 0. The molecule has 0 bridgehead atoms. The Morgan fingerprint density at radius 1 is 1.70 bits per heavy atom. The summed E-state index contributed by atoms with van der Waals surface area (Å²) in [4.78, 5) is 10.2. The molecule has 1 rings (SSSR count). The third kappa shape index (κ3) is 2.80. The van der Waals surface area contributed by atoms with Crippen LogP contribution in [0.4, 0.5) is 0 Å². The monoisotopic (exact) mass is 259 g/mol. The Bertz CT molecular complexity index is 113. The predicted octanol–water partition coefficient (Wildman–Crippen LogP) is -0.323. The van der Waals surface area contributed by atoms with Gasteiger partial charge in [-0.2, -0.15) is 0 Å². The van der Waals surface area contributed by atoms with Crippen molar-refractivity contribution in [3.8, 4) is 0 Å². The van der Waals surface area contributed by atoms with Gasteiger partial charge in [-0.05, 0) is 0 Å². The van der Waals surface area contributed by atoms with E-state index in [-0.39, 0.29) is 24.0 Å². The quantitative estimate of drug-likeness (QED) is 0.633. The molecule has 1 fully saturated rings. The summed E-state index contributed by atoms with van der Waals surface area (Å²) in [7, 11) is 0. The Balaban J connectivity index is 0.000000810. The number of ether oxygens (including phenoxy) is 1. The summed E-state index contributed by atoms with van der Waals surface area (Å²) in [5, 5.41) is 11.3. The van der Waals surface area contributed by atoms with Crippen LogP contribution in [-0.2, 0) is 9.53 Å². The molecular formula is C5H10INO3. The van der Waals surface area contributed by atoms with Crippen molar-refractivity contribution >= 4 is 29.9 Å². The molecule has 1 aliphatic heterocycles. The number of carbonyl (C=O) groups is 1. The molecule has 0 amide bonds. The number of nitrogens with one attached hydrogen (secondary N) is 1. The van der Waals surface area contributed by atoms with Crippen LogP contribution in [0.2, 0.25) is 0 Å². The second kappa shape index (κ2) is 4.86. The van der Waals surface area contributed by atoms with Gasteiger partial charge < -0.3 is 15.2 Å². The fourth-order valence-electron chi connectivity index (χ4n) is 0.724. The number of carboxylic acid groups (broad SMARTS) is 1. The van der Waals surface area contributed by atoms with Gasteiger partial charge in [0.05, 0.1) is 6.61 Å². The predicted molar refractivity (Wildman–Crippen MR) is 45.7 cm³/mol. The summed E-state index contributed by atoms with van der Waals surface area (Å²) in [6.07, 6.45) is -0.640. The molecule has 5 heteroatoms. The van der Waals surface area contributed by atoms with E-state index in [1.54, 1.807) is 0 Å². The highest BCUT2D eigenvalue weighted by Gasteiger charge is 2.19. The van der Waals surface area contributed by atoms with Crippen LogP contribution >= 0.6 is 24.0 Å². The van der Waals surface area contributed by atoms with Crippen LogP contribution < -0.4 is 5.32 Å². The van der Waals surface area contributed by atoms with E-state index in [0.717, 1.165) is 6.54 Å². The number of halogens is 1. The van der Waals surface area contributed by atoms with Crippen molar-refractivity contribution in [2.24, 2.45) is 0 Å². The third-order valence-electron chi connectivity index (χ3n) is 1.20. The lowest BCUT2D eigenvalue weighted by molar-refractivity contribution is -0.151. The molecule has 0 saturated carbocycles. The largest absolute Gasteiger partial charge is 0.479 e. The highest BCUT2D eigenvalue weighted by molar-refractivity contribution is 14.0. The van der Waals surface area contributed by atoms with Crippen LogP contribution in [0.1, 0.15) is 0 Å². The molecule has 1 unspecified atom stereocenters. The van der Waals surface area contributed by atoms with Crippen LogP contribution in [0.3, 0.4) is 0 Å². The molecule has 2 N–H and O–H groups in total. The maximum Gasteiger partial charge on any atom is 0.334 e. The number of aliphatic carboxylic acids is 1. The summed E-state index contributed by atoms with van der Waals surface area (Å²) < 4.78 is 4.88. The normalized spacial score (nSPS) is 25.0. The first-order chi connectivity index (χ1) is 4.30. The van der Waals surface area contributed by atoms with Crippen LogP contribution in [0, 0.1) is 0 Å². The molecule has 10 heavy (non-hydrogen) atoms. The van der Waals surface area contributed by atoms with Gasteiger partial charge in [-0.25, -0.2) is 4.79 Å². The highest BCUT2D eigenvalue weighted by atomic mass is 127. The van der Waals surface area contributed by atoms with Gasteiger partial charge in [0.15, 0.2) is 6.10 Å². The Labute approximate surface area is 76.0 Å². The second-order valence-corrected chi connectivity index (χ2v) is 1.90. The molecular weight excluding hydrogens is 249 g/mol. The minimum Gasteiger partial charge on any atom is -0.479 e. The van der Waals surface area contributed by atoms with Gasteiger partial charge in [0.25, 0.3) is 0 Å². The van der Waals surface area contributed by atoms with Crippen LogP contribution in [0.25, 0.3) is 0 Å². The first-order valence-corrected chi connectivity index (χ1v) is 2.86. The number of rotatable bonds is 1. The van der Waals surface area contributed by atoms with E-state index < -0.39 is 12.1 Å². The van der Waals surface area contributed by atoms with Gasteiger partial charge in [0, 0.05) is 13.1 Å². The molecule has 0 radical (unpaired) electrons. The molecule has 0 aliphatic carbocycles. The number of hydrogen-bond donors (Lipinski definition) is 2. The smallest absolute Gasteiger partial charge is 0.334 e. The molecule has 1 heterocycles. The molecule has 1 saturated heterocycles. The van der Waals surface area contributed by atoms with Gasteiger partial charge in [-0.15, -0.1) is 24.0 Å². The number of carboxylic acids is 1. The van der Waals surface area contributed by atoms with E-state index in [1.165, 1.54) is 0 Å². The van der Waals surface area contributed by atoms with Crippen molar-refractivity contribution in [1.82, 2.24) is 5.32 Å². The zero-order valence-corrected chi connectivity index (χ0v) is 7.70. The molecule has 4 nitrogen and oxygen atoms in total. The van der Waals surface area contributed by atoms with E-state index >= 15 is 0 Å². The fraction of sp³-hybridized carbons (Fsp3) is 0.800. The fourth-order valence-corrected chi connectivity index (χ4v) is 0.724. The van der Waals surface area contributed by atoms with Gasteiger partial charge in [0.1, 0.15) is 0 Å². The standard InChI is InChI=1S/C5H9NO3.HI/c7-5(8)4-3-6-1-2-9-4;/h4,6H,1-3H2,(H,7,8);1H. The maximum atomic E-state index is 10.2. The first kappa shape index (κ1) is 10.1. The molecule has 0 aromatic carbocycles. The van der Waals surface area contributed by atoms with Gasteiger partial charge in [-0.3, -0.25) is 0 Å². The lowest BCUT2D eigenvalue weighted by Crippen LogP contribution is -2.42. The summed E-state index contributed by atoms with van der Waals surface area (Å²) >= 11 is 0. The second-order valence-electron chi connectivity index (χ2n) is 1.90. The van der Waals surface area contributed by atoms with E-state index in [1.807, 2.05) is 0 Å². The Hall–Kier alpha value is 0.120. The van der Waals surface area contributed by atoms with E-state index in [2.05, 4.69) is 5.32 Å². The van der Waals surface area contributed by atoms with E-state index in [4.69, 9.17) is 9.84 Å². The highest BCUT2D eigenvalue weighted by Crippen LogP contribution is 1.94. The van der Waals surface area contributed by atoms with Crippen molar-refractivity contribution < 1.29 is 14.6 Å². The summed E-state index contributed by atoms with van der Waals surface area (Å²) in [6, 6.07) is 0. The maximum absolute atomic E-state index is 10.2. The summed E-state index contributed by atoms with van der Waals surface area (Å²) in [5.74, 6) is -0.887. The Kier molecular flexibility index (Phi) is 4.92. The van der Waals surface area contributed by atoms with Gasteiger partial charge >= 0.3 is 5.97 Å². The van der Waals surface area contributed by atoms with Crippen molar-refractivity contribution in [2.75, 3.05) is 19.7 Å². The van der Waals surface area contributed by atoms with Crippen molar-refractivity contribution in [2.45, 2.75) is 6.10 Å². The lowest BCUT2D eigenvalue weighted by Gasteiger charge is -2.19. The SMILES string of the molecule is I.O=C(O)C1CNCCO1. The van der Waals surface area contributed by atoms with Crippen molar-refractivity contribution in [3.05, 3.63) is 0 Å². The van der Waals surface area contributed by atoms with E-state index in [0.29, 0.717) is 13.2 Å². The van der Waals surface area contributed by atoms with Crippen LogP contribution in [0.5, 0.6) is 0 Å². The molecule has 1 aliphatic rings. The van der Waals surface area contributed by atoms with Crippen molar-refractivity contribution in [1.29, 1.82) is 0 Å². The minimum atomic E-state index is -0.887. The van der Waals surface area contributed by atoms with Crippen LogP contribution in [0.15, 0.2) is 0 Å². The van der Waals surface area contributed by atoms with Crippen molar-refractivity contribution in [3.63, 3.8) is 0 Å². The molecule has 60 valence electrons. The Morgan fingerprint density at radius 2 is 2.40 bits per heavy atom. The molecule has 1 atom stereocenters. The molecule has 0 aromatic rings. The number of hydrogen-bond acceptors (Lipinski definition) is 3. The van der Waals surface area contributed by atoms with Gasteiger partial charge in [0.2, 0.25) is 0 Å². The average molecular weight is 259 g/mol. The van der Waals surface area contributed by atoms with Crippen LogP contribution in [-0.4, -0.2) is 36.9 Å². The summed E-state index contributed by atoms with van der Waals surface area (Å²) in [6.45, 7) is 1.68. The Morgan fingerprint density at radius 3 is 2.70 bits per heavy atom. The zero-order valence-electron chi connectivity index (χ0n) is 5.37. The van der Waals surface area contributed by atoms with E-state index in [9.17, 15) is 4.79 Å².